The summed E-state index contributed by atoms with van der Waals surface area (Å²) in [4.78, 5) is 40.4. The van der Waals surface area contributed by atoms with Gasteiger partial charge in [-0.3, -0.25) is 14.6 Å². The lowest BCUT2D eigenvalue weighted by atomic mass is 9.93. The van der Waals surface area contributed by atoms with Crippen LogP contribution < -0.4 is 4.90 Å². The second-order valence-corrected chi connectivity index (χ2v) is 7.20. The summed E-state index contributed by atoms with van der Waals surface area (Å²) in [5, 5.41) is 0. The molecule has 1 saturated heterocycles. The van der Waals surface area contributed by atoms with E-state index in [0.29, 0.717) is 6.42 Å². The van der Waals surface area contributed by atoms with Crippen molar-refractivity contribution in [1.82, 2.24) is 4.90 Å². The highest BCUT2D eigenvalue weighted by Gasteiger charge is 2.56. The number of hydrogen-bond donors (Lipinski definition) is 0. The Hall–Kier alpha value is -3.35. The highest BCUT2D eigenvalue weighted by atomic mass is 16.5. The van der Waals surface area contributed by atoms with Crippen LogP contribution in [0, 0.1) is 0 Å². The largest absolute Gasteiger partial charge is 0.467 e. The lowest BCUT2D eigenvalue weighted by Crippen LogP contribution is -2.53. The fraction of sp³-hybridized carbons (Fsp3) is 0.318. The predicted octanol–water partition coefficient (Wildman–Crippen LogP) is 3.14. The van der Waals surface area contributed by atoms with Crippen molar-refractivity contribution in [1.29, 1.82) is 0 Å². The number of methoxy groups -OCH3 is 2. The molecule has 7 nitrogen and oxygen atoms in total. The van der Waals surface area contributed by atoms with Crippen molar-refractivity contribution in [3.05, 3.63) is 54.1 Å². The van der Waals surface area contributed by atoms with Crippen LogP contribution in [0.25, 0.3) is 11.1 Å². The third-order valence-electron chi connectivity index (χ3n) is 5.71. The fourth-order valence-electron chi connectivity index (χ4n) is 4.51. The Balaban J connectivity index is 1.83. The molecule has 0 spiro atoms. The summed E-state index contributed by atoms with van der Waals surface area (Å²) in [6, 6.07) is 15.0. The van der Waals surface area contributed by atoms with Crippen LogP contribution in [0.3, 0.4) is 0 Å². The average molecular weight is 394 g/mol. The second kappa shape index (κ2) is 7.24. The standard InChI is InChI=1S/C22H22N2O5/c1-13(25)23-18-10-9-15(14-7-5-4-6-8-14)11-16(18)17-12-19(21(26)28-2)24(20(17)23)22(27)29-3/h4-11,17,19-20H,12H2,1-3H3/t17-,19+,20-/m1/s1. The van der Waals surface area contributed by atoms with Crippen LogP contribution in [0.4, 0.5) is 10.5 Å². The van der Waals surface area contributed by atoms with Crippen molar-refractivity contribution in [3.63, 3.8) is 0 Å². The minimum Gasteiger partial charge on any atom is -0.467 e. The van der Waals surface area contributed by atoms with Gasteiger partial charge in [0.2, 0.25) is 5.91 Å². The first-order valence-electron chi connectivity index (χ1n) is 9.41. The van der Waals surface area contributed by atoms with Gasteiger partial charge in [0.05, 0.1) is 14.2 Å². The van der Waals surface area contributed by atoms with E-state index in [0.717, 1.165) is 22.4 Å². The topological polar surface area (TPSA) is 76.2 Å². The summed E-state index contributed by atoms with van der Waals surface area (Å²) < 4.78 is 9.84. The fourth-order valence-corrected chi connectivity index (χ4v) is 4.51. The van der Waals surface area contributed by atoms with Crippen molar-refractivity contribution in [2.45, 2.75) is 31.5 Å². The molecule has 150 valence electrons. The minimum atomic E-state index is -0.808. The van der Waals surface area contributed by atoms with Crippen LogP contribution in [-0.4, -0.2) is 49.3 Å². The molecular formula is C22H22N2O5. The number of carbonyl (C=O) groups is 3. The number of benzene rings is 2. The van der Waals surface area contributed by atoms with Crippen LogP contribution in [0.1, 0.15) is 24.8 Å². The van der Waals surface area contributed by atoms with E-state index in [2.05, 4.69) is 0 Å². The number of rotatable bonds is 2. The van der Waals surface area contributed by atoms with Crippen molar-refractivity contribution in [2.24, 2.45) is 0 Å². The lowest BCUT2D eigenvalue weighted by molar-refractivity contribution is -0.146. The molecule has 0 unspecified atom stereocenters. The highest BCUT2D eigenvalue weighted by Crippen LogP contribution is 2.51. The van der Waals surface area contributed by atoms with Gasteiger partial charge in [0.1, 0.15) is 12.2 Å². The van der Waals surface area contributed by atoms with E-state index in [1.54, 1.807) is 4.90 Å². The Bertz CT molecular complexity index is 974. The van der Waals surface area contributed by atoms with Gasteiger partial charge in [-0.05, 0) is 35.2 Å². The number of carbonyl (C=O) groups excluding carboxylic acids is 3. The zero-order valence-electron chi connectivity index (χ0n) is 16.5. The first-order chi connectivity index (χ1) is 14.0. The highest BCUT2D eigenvalue weighted by molar-refractivity contribution is 5.97. The Labute approximate surface area is 168 Å². The molecule has 7 heteroatoms. The smallest absolute Gasteiger partial charge is 0.411 e. The van der Waals surface area contributed by atoms with Gasteiger partial charge in [-0.25, -0.2) is 9.59 Å². The molecule has 2 aliphatic heterocycles. The van der Waals surface area contributed by atoms with Crippen LogP contribution in [-0.2, 0) is 19.1 Å². The summed E-state index contributed by atoms with van der Waals surface area (Å²) in [6.07, 6.45) is -0.915. The Morgan fingerprint density at radius 2 is 1.69 bits per heavy atom. The molecule has 2 amide bonds. The molecule has 0 radical (unpaired) electrons. The van der Waals surface area contributed by atoms with E-state index >= 15 is 0 Å². The monoisotopic (exact) mass is 394 g/mol. The van der Waals surface area contributed by atoms with Gasteiger partial charge in [-0.15, -0.1) is 0 Å². The number of likely N-dealkylation sites (tertiary alicyclic amines) is 1. The number of ether oxygens (including phenoxy) is 2. The Morgan fingerprint density at radius 1 is 0.966 bits per heavy atom. The van der Waals surface area contributed by atoms with E-state index in [1.807, 2.05) is 48.5 Å². The molecule has 2 heterocycles. The van der Waals surface area contributed by atoms with E-state index in [9.17, 15) is 14.4 Å². The lowest BCUT2D eigenvalue weighted by Gasteiger charge is -2.33. The number of amides is 2. The SMILES string of the molecule is COC(=O)[C@@H]1C[C@@H]2c3cc(-c4ccccc4)ccc3N(C(C)=O)[C@@H]2N1C(=O)OC. The van der Waals surface area contributed by atoms with Gasteiger partial charge >= 0.3 is 12.1 Å². The van der Waals surface area contributed by atoms with E-state index < -0.39 is 24.3 Å². The molecular weight excluding hydrogens is 372 g/mol. The molecule has 29 heavy (non-hydrogen) atoms. The maximum Gasteiger partial charge on any atom is 0.411 e. The van der Waals surface area contributed by atoms with Crippen molar-refractivity contribution >= 4 is 23.7 Å². The number of nitrogens with zero attached hydrogens (tertiary/aromatic N) is 2. The van der Waals surface area contributed by atoms with Crippen LogP contribution >= 0.6 is 0 Å². The van der Waals surface area contributed by atoms with Gasteiger partial charge in [0.25, 0.3) is 0 Å². The van der Waals surface area contributed by atoms with Crippen LogP contribution in [0.2, 0.25) is 0 Å². The van der Waals surface area contributed by atoms with Crippen molar-refractivity contribution in [2.75, 3.05) is 19.1 Å². The van der Waals surface area contributed by atoms with Gasteiger partial charge in [-0.2, -0.15) is 0 Å². The van der Waals surface area contributed by atoms with E-state index in [1.165, 1.54) is 26.0 Å². The molecule has 4 rings (SSSR count). The molecule has 0 N–H and O–H groups in total. The van der Waals surface area contributed by atoms with Crippen LogP contribution in [0.5, 0.6) is 0 Å². The summed E-state index contributed by atoms with van der Waals surface area (Å²) in [7, 11) is 2.55. The first-order valence-corrected chi connectivity index (χ1v) is 9.41. The van der Waals surface area contributed by atoms with Gasteiger partial charge in [0.15, 0.2) is 0 Å². The number of anilines is 1. The summed E-state index contributed by atoms with van der Waals surface area (Å²) in [6.45, 7) is 1.46. The quantitative estimate of drug-likeness (QED) is 0.732. The van der Waals surface area contributed by atoms with Crippen molar-refractivity contribution in [3.8, 4) is 11.1 Å². The van der Waals surface area contributed by atoms with Gasteiger partial charge < -0.3 is 9.47 Å². The van der Waals surface area contributed by atoms with E-state index in [-0.39, 0.29) is 11.8 Å². The van der Waals surface area contributed by atoms with Crippen molar-refractivity contribution < 1.29 is 23.9 Å². The molecule has 0 aliphatic carbocycles. The van der Waals surface area contributed by atoms with Gasteiger partial charge in [0, 0.05) is 18.5 Å². The zero-order valence-corrected chi connectivity index (χ0v) is 16.5. The molecule has 3 atom stereocenters. The maximum atomic E-state index is 12.6. The first kappa shape index (κ1) is 19.0. The average Bonchev–Trinajstić information content (AvgIpc) is 3.27. The summed E-state index contributed by atoms with van der Waals surface area (Å²) >= 11 is 0. The normalized spacial score (nSPS) is 22.1. The Morgan fingerprint density at radius 3 is 2.31 bits per heavy atom. The third kappa shape index (κ3) is 2.93. The minimum absolute atomic E-state index is 0.203. The molecule has 2 aromatic rings. The summed E-state index contributed by atoms with van der Waals surface area (Å²) in [5.74, 6) is -0.930. The molecule has 0 aromatic heterocycles. The second-order valence-electron chi connectivity index (χ2n) is 7.20. The predicted molar refractivity (Wildman–Crippen MR) is 106 cm³/mol. The number of hydrogen-bond acceptors (Lipinski definition) is 5. The number of fused-ring (bicyclic) bond motifs is 3. The third-order valence-corrected chi connectivity index (χ3v) is 5.71. The summed E-state index contributed by atoms with van der Waals surface area (Å²) in [5.41, 5.74) is 3.76. The van der Waals surface area contributed by atoms with Gasteiger partial charge in [-0.1, -0.05) is 36.4 Å². The zero-order chi connectivity index (χ0) is 20.7. The van der Waals surface area contributed by atoms with E-state index in [4.69, 9.17) is 9.47 Å². The number of esters is 1. The molecule has 1 fully saturated rings. The van der Waals surface area contributed by atoms with Crippen LogP contribution in [0.15, 0.2) is 48.5 Å². The maximum absolute atomic E-state index is 12.6. The molecule has 2 aliphatic rings. The Kier molecular flexibility index (Phi) is 4.74. The molecule has 0 bridgehead atoms. The molecule has 0 saturated carbocycles. The molecule has 2 aromatic carbocycles.